The highest BCUT2D eigenvalue weighted by atomic mass is 19.1. The highest BCUT2D eigenvalue weighted by Crippen LogP contribution is 2.37. The molecule has 0 N–H and O–H groups in total. The number of pyridine rings is 1. The summed E-state index contributed by atoms with van der Waals surface area (Å²) in [7, 11) is 0. The molecule has 6 rings (SSSR count). The van der Waals surface area contributed by atoms with E-state index < -0.39 is 11.8 Å². The highest BCUT2D eigenvalue weighted by Gasteiger charge is 2.34. The first kappa shape index (κ1) is 28.0. The van der Waals surface area contributed by atoms with Crippen molar-refractivity contribution in [2.75, 3.05) is 36.0 Å². The first-order valence-corrected chi connectivity index (χ1v) is 14.4. The summed E-state index contributed by atoms with van der Waals surface area (Å²) < 4.78 is 19.3. The van der Waals surface area contributed by atoms with Crippen molar-refractivity contribution in [3.8, 4) is 6.07 Å². The molecule has 0 unspecified atom stereocenters. The van der Waals surface area contributed by atoms with Gasteiger partial charge in [-0.3, -0.25) is 4.90 Å². The van der Waals surface area contributed by atoms with E-state index >= 15 is 0 Å². The van der Waals surface area contributed by atoms with Gasteiger partial charge in [0.2, 0.25) is 0 Å². The number of aromatic nitrogens is 3. The third kappa shape index (κ3) is 5.56. The SMILES string of the molecule is CCCOC(=O)c1cc2c(N3CCC(CN4Cc5ccccc5N(c5ccc(F)c(C#N)c5)C4=O)CC3)ncnc2cn1. The van der Waals surface area contributed by atoms with Crippen LogP contribution in [0.5, 0.6) is 0 Å². The van der Waals surface area contributed by atoms with Gasteiger partial charge in [0.05, 0.1) is 35.3 Å². The number of hydrogen-bond donors (Lipinski definition) is 0. The van der Waals surface area contributed by atoms with Crippen LogP contribution in [0.15, 0.2) is 61.1 Å². The van der Waals surface area contributed by atoms with Gasteiger partial charge in [0.1, 0.15) is 29.7 Å². The van der Waals surface area contributed by atoms with Gasteiger partial charge < -0.3 is 14.5 Å². The summed E-state index contributed by atoms with van der Waals surface area (Å²) >= 11 is 0. The minimum atomic E-state index is -0.618. The first-order chi connectivity index (χ1) is 21.0. The van der Waals surface area contributed by atoms with E-state index in [-0.39, 0.29) is 23.2 Å². The fourth-order valence-electron chi connectivity index (χ4n) is 5.73. The smallest absolute Gasteiger partial charge is 0.356 e. The van der Waals surface area contributed by atoms with Crippen LogP contribution in [0.2, 0.25) is 0 Å². The lowest BCUT2D eigenvalue weighted by Gasteiger charge is -2.40. The standard InChI is InChI=1S/C32H30FN7O3/c1-2-13-43-31(41)27-15-25-28(17-35-27)36-20-37-30(25)38-11-9-21(10-12-38)18-39-19-22-5-3-4-6-29(22)40(32(39)42)24-7-8-26(33)23(14-24)16-34/h3-8,14-15,17,20-21H,2,9-13,18-19H2,1H3. The number of para-hydroxylation sites is 1. The molecule has 2 amide bonds. The fraction of sp³-hybridized carbons (Fsp3) is 0.312. The quantitative estimate of drug-likeness (QED) is 0.260. The van der Waals surface area contributed by atoms with Gasteiger partial charge in [0.25, 0.3) is 0 Å². The number of benzene rings is 2. The third-order valence-electron chi connectivity index (χ3n) is 7.92. The van der Waals surface area contributed by atoms with Crippen molar-refractivity contribution in [1.29, 1.82) is 5.26 Å². The van der Waals surface area contributed by atoms with Crippen LogP contribution in [0.4, 0.5) is 26.4 Å². The minimum Gasteiger partial charge on any atom is -0.461 e. The largest absolute Gasteiger partial charge is 0.461 e. The summed E-state index contributed by atoms with van der Waals surface area (Å²) in [6.07, 6.45) is 5.48. The Kier molecular flexibility index (Phi) is 7.83. The molecule has 0 atom stereocenters. The van der Waals surface area contributed by atoms with E-state index in [1.807, 2.05) is 42.2 Å². The number of hydrogen-bond acceptors (Lipinski definition) is 8. The summed E-state index contributed by atoms with van der Waals surface area (Å²) in [5.41, 5.74) is 2.94. The third-order valence-corrected chi connectivity index (χ3v) is 7.92. The number of carbonyl (C=O) groups is 2. The molecule has 43 heavy (non-hydrogen) atoms. The van der Waals surface area contributed by atoms with E-state index in [1.165, 1.54) is 24.5 Å². The number of nitriles is 1. The van der Waals surface area contributed by atoms with Crippen LogP contribution in [0.1, 0.15) is 47.8 Å². The zero-order valence-corrected chi connectivity index (χ0v) is 23.7. The zero-order chi connectivity index (χ0) is 29.9. The molecule has 0 aliphatic carbocycles. The van der Waals surface area contributed by atoms with Crippen LogP contribution < -0.4 is 9.80 Å². The summed E-state index contributed by atoms with van der Waals surface area (Å²) in [6.45, 7) is 4.74. The second kappa shape index (κ2) is 12.0. The van der Waals surface area contributed by atoms with E-state index in [4.69, 9.17) is 4.74 Å². The lowest BCUT2D eigenvalue weighted by Crippen LogP contribution is -2.48. The van der Waals surface area contributed by atoms with E-state index in [2.05, 4.69) is 19.9 Å². The second-order valence-electron chi connectivity index (χ2n) is 10.8. The van der Waals surface area contributed by atoms with E-state index in [0.29, 0.717) is 30.9 Å². The molecule has 2 aliphatic heterocycles. The number of urea groups is 1. The topological polar surface area (TPSA) is 116 Å². The molecule has 0 saturated carbocycles. The molecule has 2 aromatic carbocycles. The van der Waals surface area contributed by atoms with Crippen LogP contribution in [0, 0.1) is 23.1 Å². The van der Waals surface area contributed by atoms with Gasteiger partial charge in [0, 0.05) is 31.6 Å². The summed E-state index contributed by atoms with van der Waals surface area (Å²) in [5.74, 6) is -0.0877. The summed E-state index contributed by atoms with van der Waals surface area (Å²) in [5, 5.41) is 10.1. The Bertz CT molecular complexity index is 1730. The van der Waals surface area contributed by atoms with Crippen molar-refractivity contribution in [1.82, 2.24) is 19.9 Å². The van der Waals surface area contributed by atoms with Crippen molar-refractivity contribution in [3.63, 3.8) is 0 Å². The number of esters is 1. The number of nitrogens with zero attached hydrogens (tertiary/aromatic N) is 7. The lowest BCUT2D eigenvalue weighted by molar-refractivity contribution is 0.0498. The molecule has 4 aromatic rings. The average Bonchev–Trinajstić information content (AvgIpc) is 3.04. The maximum Gasteiger partial charge on any atom is 0.356 e. The first-order valence-electron chi connectivity index (χ1n) is 14.4. The summed E-state index contributed by atoms with van der Waals surface area (Å²) in [6, 6.07) is 15.2. The maximum absolute atomic E-state index is 14.1. The number of ether oxygens (including phenoxy) is 1. The van der Waals surface area contributed by atoms with Crippen molar-refractivity contribution >= 4 is 40.1 Å². The van der Waals surface area contributed by atoms with Crippen molar-refractivity contribution in [2.45, 2.75) is 32.7 Å². The molecule has 1 saturated heterocycles. The van der Waals surface area contributed by atoms with E-state index in [0.717, 1.165) is 54.8 Å². The fourth-order valence-corrected chi connectivity index (χ4v) is 5.73. The summed E-state index contributed by atoms with van der Waals surface area (Å²) in [4.78, 5) is 44.9. The lowest BCUT2D eigenvalue weighted by atomic mass is 9.95. The Balaban J connectivity index is 1.18. The van der Waals surface area contributed by atoms with Gasteiger partial charge in [0.15, 0.2) is 0 Å². The van der Waals surface area contributed by atoms with E-state index in [9.17, 15) is 19.2 Å². The molecule has 10 nitrogen and oxygen atoms in total. The van der Waals surface area contributed by atoms with Gasteiger partial charge in [-0.25, -0.2) is 28.9 Å². The zero-order valence-electron chi connectivity index (χ0n) is 23.7. The van der Waals surface area contributed by atoms with Gasteiger partial charge in [-0.05, 0) is 61.1 Å². The van der Waals surface area contributed by atoms with Crippen LogP contribution >= 0.6 is 0 Å². The van der Waals surface area contributed by atoms with Crippen molar-refractivity contribution < 1.29 is 18.7 Å². The number of amides is 2. The molecule has 1 fully saturated rings. The van der Waals surface area contributed by atoms with Crippen LogP contribution in [-0.4, -0.2) is 58.1 Å². The molecular formula is C32H30FN7O3. The van der Waals surface area contributed by atoms with Crippen molar-refractivity contribution in [2.24, 2.45) is 5.92 Å². The molecule has 218 valence electrons. The monoisotopic (exact) mass is 579 g/mol. The Labute approximate surface area is 248 Å². The number of piperidine rings is 1. The molecular weight excluding hydrogens is 549 g/mol. The Morgan fingerprint density at radius 3 is 2.72 bits per heavy atom. The molecule has 0 spiro atoms. The molecule has 2 aromatic heterocycles. The number of carbonyl (C=O) groups excluding carboxylic acids is 2. The molecule has 11 heteroatoms. The normalized spacial score (nSPS) is 15.4. The van der Waals surface area contributed by atoms with Gasteiger partial charge in [-0.15, -0.1) is 0 Å². The number of fused-ring (bicyclic) bond motifs is 2. The van der Waals surface area contributed by atoms with Crippen LogP contribution in [0.25, 0.3) is 10.9 Å². The average molecular weight is 580 g/mol. The van der Waals surface area contributed by atoms with Gasteiger partial charge in [-0.2, -0.15) is 5.26 Å². The minimum absolute atomic E-state index is 0.106. The Morgan fingerprint density at radius 2 is 1.93 bits per heavy atom. The predicted molar refractivity (Wildman–Crippen MR) is 158 cm³/mol. The highest BCUT2D eigenvalue weighted by molar-refractivity contribution is 6.02. The van der Waals surface area contributed by atoms with E-state index in [1.54, 1.807) is 17.2 Å². The maximum atomic E-state index is 14.1. The molecule has 0 bridgehead atoms. The van der Waals surface area contributed by atoms with Gasteiger partial charge in [-0.1, -0.05) is 25.1 Å². The number of rotatable bonds is 7. The van der Waals surface area contributed by atoms with Gasteiger partial charge >= 0.3 is 12.0 Å². The predicted octanol–water partition coefficient (Wildman–Crippen LogP) is 5.59. The van der Waals surface area contributed by atoms with Crippen molar-refractivity contribution in [3.05, 3.63) is 83.7 Å². The van der Waals surface area contributed by atoms with Crippen LogP contribution in [0.3, 0.4) is 0 Å². The number of halogens is 1. The Morgan fingerprint density at radius 1 is 1.12 bits per heavy atom. The molecule has 0 radical (unpaired) electrons. The molecule has 2 aliphatic rings. The number of anilines is 3. The second-order valence-corrected chi connectivity index (χ2v) is 10.8. The Hall–Kier alpha value is -5.11. The molecule has 4 heterocycles. The van der Waals surface area contributed by atoms with Crippen LogP contribution in [-0.2, 0) is 11.3 Å².